The van der Waals surface area contributed by atoms with Crippen molar-refractivity contribution in [2.75, 3.05) is 6.54 Å². The maximum atomic E-state index is 4.77. The van der Waals surface area contributed by atoms with E-state index in [9.17, 15) is 0 Å². The lowest BCUT2D eigenvalue weighted by Gasteiger charge is -2.50. The molecular weight excluding hydrogens is 260 g/mol. The Hall–Kier alpha value is 0.170. The molecule has 0 aromatic rings. The molecule has 0 rings (SSSR count). The Morgan fingerprint density at radius 2 is 1.39 bits per heavy atom. The van der Waals surface area contributed by atoms with Gasteiger partial charge < -0.3 is 4.90 Å². The summed E-state index contributed by atoms with van der Waals surface area (Å²) in [6, 6.07) is 0. The maximum absolute atomic E-state index is 4.77. The summed E-state index contributed by atoms with van der Waals surface area (Å²) in [6.45, 7) is 20.7. The van der Waals surface area contributed by atoms with E-state index in [-0.39, 0.29) is 15.8 Å². The quantitative estimate of drug-likeness (QED) is 0.352. The van der Waals surface area contributed by atoms with Crippen molar-refractivity contribution >= 4 is 28.3 Å². The molecule has 0 saturated carbocycles. The summed E-state index contributed by atoms with van der Waals surface area (Å²) in [6.07, 6.45) is 0. The van der Waals surface area contributed by atoms with Crippen molar-refractivity contribution < 1.29 is 0 Å². The van der Waals surface area contributed by atoms with E-state index in [0.29, 0.717) is 0 Å². The van der Waals surface area contributed by atoms with Gasteiger partial charge in [0.2, 0.25) is 0 Å². The Balaban J connectivity index is 5.77. The van der Waals surface area contributed by atoms with Crippen LogP contribution < -0.4 is 0 Å². The van der Waals surface area contributed by atoms with Gasteiger partial charge in [0, 0.05) is 17.6 Å². The number of rotatable bonds is 3. The van der Waals surface area contributed by atoms with Crippen LogP contribution in [0.25, 0.3) is 0 Å². The summed E-state index contributed by atoms with van der Waals surface area (Å²) < 4.78 is -0.0975. The number of hydrogen-bond donors (Lipinski definition) is 1. The SMILES string of the molecule is CCN=C(N(C(C)(C)C)C(C)(C)C)C(C)(C)SS. The topological polar surface area (TPSA) is 15.6 Å². The zero-order valence-electron chi connectivity index (χ0n) is 13.5. The normalized spacial score (nSPS) is 14.9. The van der Waals surface area contributed by atoms with Crippen LogP contribution in [0, 0.1) is 0 Å². The molecule has 0 unspecified atom stereocenters. The van der Waals surface area contributed by atoms with Crippen molar-refractivity contribution in [3.63, 3.8) is 0 Å². The Morgan fingerprint density at radius 1 is 1.00 bits per heavy atom. The molecule has 18 heavy (non-hydrogen) atoms. The molecule has 0 atom stereocenters. The summed E-state index contributed by atoms with van der Waals surface area (Å²) in [5.41, 5.74) is 0.0695. The Bertz CT molecular complexity index is 282. The molecular formula is C14H30N2S2. The lowest BCUT2D eigenvalue weighted by atomic mass is 9.93. The first-order valence-electron chi connectivity index (χ1n) is 6.55. The molecule has 108 valence electrons. The van der Waals surface area contributed by atoms with Crippen molar-refractivity contribution in [3.8, 4) is 0 Å². The minimum Gasteiger partial charge on any atom is -0.350 e. The van der Waals surface area contributed by atoms with Crippen LogP contribution in [0.1, 0.15) is 62.3 Å². The van der Waals surface area contributed by atoms with Crippen molar-refractivity contribution in [3.05, 3.63) is 0 Å². The molecule has 0 aliphatic heterocycles. The molecule has 0 saturated heterocycles. The summed E-state index contributed by atoms with van der Waals surface area (Å²) in [7, 11) is 1.56. The lowest BCUT2D eigenvalue weighted by Crippen LogP contribution is -2.60. The first kappa shape index (κ1) is 18.2. The van der Waals surface area contributed by atoms with Gasteiger partial charge in [0.05, 0.1) is 4.75 Å². The molecule has 0 heterocycles. The Labute approximate surface area is 123 Å². The van der Waals surface area contributed by atoms with Crippen molar-refractivity contribution in [2.24, 2.45) is 4.99 Å². The predicted octanol–water partition coefficient (Wildman–Crippen LogP) is 4.66. The van der Waals surface area contributed by atoms with Gasteiger partial charge in [-0.1, -0.05) is 10.8 Å². The van der Waals surface area contributed by atoms with Gasteiger partial charge in [-0.25, -0.2) is 0 Å². The maximum Gasteiger partial charge on any atom is 0.116 e. The minimum absolute atomic E-state index is 0.0348. The van der Waals surface area contributed by atoms with Gasteiger partial charge in [-0.05, 0) is 62.3 Å². The monoisotopic (exact) mass is 290 g/mol. The zero-order valence-corrected chi connectivity index (χ0v) is 15.2. The molecule has 0 N–H and O–H groups in total. The molecule has 0 amide bonds. The van der Waals surface area contributed by atoms with Gasteiger partial charge in [-0.2, -0.15) is 0 Å². The third-order valence-corrected chi connectivity index (χ3v) is 4.64. The third kappa shape index (κ3) is 4.69. The Morgan fingerprint density at radius 3 is 1.61 bits per heavy atom. The van der Waals surface area contributed by atoms with Crippen LogP contribution in [-0.2, 0) is 0 Å². The molecule has 0 radical (unpaired) electrons. The van der Waals surface area contributed by atoms with E-state index in [1.165, 1.54) is 0 Å². The smallest absolute Gasteiger partial charge is 0.116 e. The second-order valence-corrected chi connectivity index (χ2v) is 8.83. The molecule has 0 spiro atoms. The highest BCUT2D eigenvalue weighted by Gasteiger charge is 2.40. The van der Waals surface area contributed by atoms with Crippen LogP contribution in [0.2, 0.25) is 0 Å². The number of thiol groups is 1. The van der Waals surface area contributed by atoms with E-state index in [1.54, 1.807) is 10.8 Å². The fraction of sp³-hybridized carbons (Fsp3) is 0.929. The van der Waals surface area contributed by atoms with Gasteiger partial charge in [-0.3, -0.25) is 4.99 Å². The molecule has 0 aromatic carbocycles. The molecule has 4 heteroatoms. The highest BCUT2D eigenvalue weighted by Crippen LogP contribution is 2.36. The van der Waals surface area contributed by atoms with Crippen molar-refractivity contribution in [1.82, 2.24) is 4.90 Å². The molecule has 0 aliphatic rings. The van der Waals surface area contributed by atoms with Crippen LogP contribution in [-0.4, -0.2) is 33.1 Å². The largest absolute Gasteiger partial charge is 0.350 e. The predicted molar refractivity (Wildman–Crippen MR) is 90.0 cm³/mol. The second-order valence-electron chi connectivity index (χ2n) is 7.08. The zero-order chi connectivity index (χ0) is 14.8. The summed E-state index contributed by atoms with van der Waals surface area (Å²) in [4.78, 5) is 7.20. The van der Waals surface area contributed by atoms with Crippen LogP contribution in [0.5, 0.6) is 0 Å². The van der Waals surface area contributed by atoms with Gasteiger partial charge in [0.15, 0.2) is 0 Å². The lowest BCUT2D eigenvalue weighted by molar-refractivity contribution is 0.118. The molecule has 0 bridgehead atoms. The van der Waals surface area contributed by atoms with Crippen LogP contribution >= 0.6 is 22.5 Å². The van der Waals surface area contributed by atoms with Gasteiger partial charge in [0.25, 0.3) is 0 Å². The standard InChI is InChI=1S/C14H30N2S2/c1-10-15-11(14(8,9)18-17)16(12(2,3)4)13(5,6)7/h17H,10H2,1-9H3. The van der Waals surface area contributed by atoms with E-state index in [2.05, 4.69) is 78.9 Å². The van der Waals surface area contributed by atoms with Crippen LogP contribution in [0.15, 0.2) is 4.99 Å². The fourth-order valence-corrected chi connectivity index (χ4v) is 2.85. The number of aliphatic imine (C=N–C) groups is 1. The Kier molecular flexibility index (Phi) is 6.14. The van der Waals surface area contributed by atoms with E-state index >= 15 is 0 Å². The van der Waals surface area contributed by atoms with Gasteiger partial charge in [-0.15, -0.1) is 11.7 Å². The van der Waals surface area contributed by atoms with E-state index in [1.807, 2.05) is 0 Å². The minimum atomic E-state index is -0.0975. The molecule has 2 nitrogen and oxygen atoms in total. The summed E-state index contributed by atoms with van der Waals surface area (Å²) in [5, 5.41) is 0. The van der Waals surface area contributed by atoms with E-state index < -0.39 is 0 Å². The average molecular weight is 291 g/mol. The molecule has 0 fully saturated rings. The van der Waals surface area contributed by atoms with Crippen molar-refractivity contribution in [1.29, 1.82) is 0 Å². The second kappa shape index (κ2) is 6.08. The van der Waals surface area contributed by atoms with Gasteiger partial charge >= 0.3 is 0 Å². The molecule has 0 aliphatic carbocycles. The van der Waals surface area contributed by atoms with Crippen LogP contribution in [0.3, 0.4) is 0 Å². The first-order chi connectivity index (χ1) is 7.88. The molecule has 0 aromatic heterocycles. The average Bonchev–Trinajstić information content (AvgIpc) is 2.12. The van der Waals surface area contributed by atoms with E-state index in [0.717, 1.165) is 12.4 Å². The van der Waals surface area contributed by atoms with E-state index in [4.69, 9.17) is 4.99 Å². The van der Waals surface area contributed by atoms with Crippen molar-refractivity contribution in [2.45, 2.75) is 78.1 Å². The highest BCUT2D eigenvalue weighted by atomic mass is 33.1. The third-order valence-electron chi connectivity index (χ3n) is 2.63. The highest BCUT2D eigenvalue weighted by molar-refractivity contribution is 8.69. The number of hydrogen-bond acceptors (Lipinski definition) is 3. The summed E-state index contributed by atoms with van der Waals surface area (Å²) >= 11 is 4.43. The summed E-state index contributed by atoms with van der Waals surface area (Å²) in [5.74, 6) is 1.13. The van der Waals surface area contributed by atoms with Gasteiger partial charge in [0.1, 0.15) is 5.84 Å². The fourth-order valence-electron chi connectivity index (χ4n) is 2.36. The van der Waals surface area contributed by atoms with Crippen LogP contribution in [0.4, 0.5) is 0 Å². The first-order valence-corrected chi connectivity index (χ1v) is 8.42. The number of nitrogens with zero attached hydrogens (tertiary/aromatic N) is 2. The number of amidine groups is 1.